The molecule has 0 aliphatic carbocycles. The fourth-order valence-corrected chi connectivity index (χ4v) is 2.73. The molecule has 0 saturated carbocycles. The predicted octanol–water partition coefficient (Wildman–Crippen LogP) is 2.90. The Morgan fingerprint density at radius 1 is 1.53 bits per heavy atom. The molecule has 0 spiro atoms. The van der Waals surface area contributed by atoms with Gasteiger partial charge in [-0.3, -0.25) is 0 Å². The van der Waals surface area contributed by atoms with Gasteiger partial charge in [-0.2, -0.15) is 0 Å². The standard InChI is InChI=1S/C13H24N2OS/c1-10(12-11(2)15-9-17-12)14-8-13(3,4)6-5-7-16/h9-10,14,16H,5-8H2,1-4H3. The summed E-state index contributed by atoms with van der Waals surface area (Å²) in [6, 6.07) is 0.357. The summed E-state index contributed by atoms with van der Waals surface area (Å²) in [7, 11) is 0. The van der Waals surface area contributed by atoms with Gasteiger partial charge in [0, 0.05) is 24.1 Å². The third kappa shape index (κ3) is 4.74. The van der Waals surface area contributed by atoms with Crippen LogP contribution in [0.25, 0.3) is 0 Å². The molecule has 0 saturated heterocycles. The van der Waals surface area contributed by atoms with Crippen LogP contribution in [0.5, 0.6) is 0 Å². The van der Waals surface area contributed by atoms with Crippen LogP contribution >= 0.6 is 11.3 Å². The Labute approximate surface area is 108 Å². The van der Waals surface area contributed by atoms with Crippen molar-refractivity contribution in [3.05, 3.63) is 16.1 Å². The molecule has 1 atom stereocenters. The van der Waals surface area contributed by atoms with E-state index in [1.807, 2.05) is 5.51 Å². The summed E-state index contributed by atoms with van der Waals surface area (Å²) in [6.07, 6.45) is 1.92. The van der Waals surface area contributed by atoms with Gasteiger partial charge >= 0.3 is 0 Å². The van der Waals surface area contributed by atoms with Gasteiger partial charge in [0.15, 0.2) is 0 Å². The van der Waals surface area contributed by atoms with Gasteiger partial charge in [0.25, 0.3) is 0 Å². The third-order valence-corrected chi connectivity index (χ3v) is 4.19. The van der Waals surface area contributed by atoms with Crippen LogP contribution in [0.3, 0.4) is 0 Å². The second kappa shape index (κ2) is 6.47. The number of aryl methyl sites for hydroxylation is 1. The van der Waals surface area contributed by atoms with Crippen LogP contribution in [0.4, 0.5) is 0 Å². The van der Waals surface area contributed by atoms with Crippen molar-refractivity contribution in [2.24, 2.45) is 5.41 Å². The van der Waals surface area contributed by atoms with Gasteiger partial charge in [-0.15, -0.1) is 11.3 Å². The molecule has 0 amide bonds. The van der Waals surface area contributed by atoms with Gasteiger partial charge in [0.1, 0.15) is 0 Å². The van der Waals surface area contributed by atoms with E-state index < -0.39 is 0 Å². The smallest absolute Gasteiger partial charge is 0.0798 e. The molecule has 0 aliphatic rings. The molecule has 98 valence electrons. The first-order valence-corrected chi connectivity index (χ1v) is 7.08. The molecule has 1 heterocycles. The fraction of sp³-hybridized carbons (Fsp3) is 0.769. The zero-order valence-electron chi connectivity index (χ0n) is 11.3. The lowest BCUT2D eigenvalue weighted by Crippen LogP contribution is -2.31. The van der Waals surface area contributed by atoms with Crippen molar-refractivity contribution in [2.45, 2.75) is 46.6 Å². The molecule has 2 N–H and O–H groups in total. The summed E-state index contributed by atoms with van der Waals surface area (Å²) in [4.78, 5) is 5.60. The SMILES string of the molecule is Cc1ncsc1C(C)NCC(C)(C)CCCO. The van der Waals surface area contributed by atoms with Crippen molar-refractivity contribution in [3.63, 3.8) is 0 Å². The minimum absolute atomic E-state index is 0.232. The van der Waals surface area contributed by atoms with Crippen molar-refractivity contribution < 1.29 is 5.11 Å². The van der Waals surface area contributed by atoms with E-state index in [0.29, 0.717) is 6.04 Å². The lowest BCUT2D eigenvalue weighted by atomic mass is 9.87. The summed E-state index contributed by atoms with van der Waals surface area (Å²) < 4.78 is 0. The monoisotopic (exact) mass is 256 g/mol. The number of nitrogens with one attached hydrogen (secondary N) is 1. The second-order valence-electron chi connectivity index (χ2n) is 5.40. The molecule has 1 unspecified atom stereocenters. The molecular weight excluding hydrogens is 232 g/mol. The molecule has 0 fully saturated rings. The highest BCUT2D eigenvalue weighted by Gasteiger charge is 2.19. The van der Waals surface area contributed by atoms with E-state index in [1.165, 1.54) is 4.88 Å². The van der Waals surface area contributed by atoms with Crippen LogP contribution in [0.2, 0.25) is 0 Å². The minimum atomic E-state index is 0.232. The molecule has 0 aliphatic heterocycles. The van der Waals surface area contributed by atoms with Gasteiger partial charge in [-0.25, -0.2) is 4.98 Å². The predicted molar refractivity (Wildman–Crippen MR) is 73.4 cm³/mol. The Hall–Kier alpha value is -0.450. The molecular formula is C13H24N2OS. The zero-order chi connectivity index (χ0) is 12.9. The van der Waals surface area contributed by atoms with E-state index in [1.54, 1.807) is 11.3 Å². The minimum Gasteiger partial charge on any atom is -0.396 e. The van der Waals surface area contributed by atoms with Crippen LogP contribution in [-0.4, -0.2) is 23.2 Å². The maximum atomic E-state index is 8.87. The summed E-state index contributed by atoms with van der Waals surface area (Å²) in [5.74, 6) is 0. The Morgan fingerprint density at radius 2 is 2.24 bits per heavy atom. The molecule has 1 aromatic rings. The number of aliphatic hydroxyl groups excluding tert-OH is 1. The van der Waals surface area contributed by atoms with Crippen molar-refractivity contribution >= 4 is 11.3 Å². The van der Waals surface area contributed by atoms with E-state index in [2.05, 4.69) is 38.0 Å². The van der Waals surface area contributed by atoms with Crippen molar-refractivity contribution in [1.29, 1.82) is 0 Å². The molecule has 17 heavy (non-hydrogen) atoms. The number of thiazole rings is 1. The third-order valence-electron chi connectivity index (χ3n) is 3.07. The summed E-state index contributed by atoms with van der Waals surface area (Å²) in [5, 5.41) is 12.4. The molecule has 0 bridgehead atoms. The molecule has 1 rings (SSSR count). The average molecular weight is 256 g/mol. The number of hydrogen-bond acceptors (Lipinski definition) is 4. The number of nitrogens with zero attached hydrogens (tertiary/aromatic N) is 1. The lowest BCUT2D eigenvalue weighted by molar-refractivity contribution is 0.233. The summed E-state index contributed by atoms with van der Waals surface area (Å²) in [6.45, 7) is 9.96. The quantitative estimate of drug-likeness (QED) is 0.788. The first-order valence-electron chi connectivity index (χ1n) is 6.20. The Balaban J connectivity index is 2.42. The van der Waals surface area contributed by atoms with Crippen LogP contribution in [0, 0.1) is 12.3 Å². The number of aromatic nitrogens is 1. The van der Waals surface area contributed by atoms with E-state index >= 15 is 0 Å². The highest BCUT2D eigenvalue weighted by Crippen LogP contribution is 2.25. The van der Waals surface area contributed by atoms with E-state index in [0.717, 1.165) is 25.1 Å². The number of rotatable bonds is 7. The molecule has 0 radical (unpaired) electrons. The van der Waals surface area contributed by atoms with Crippen LogP contribution in [0.1, 0.15) is 50.2 Å². The Bertz CT molecular complexity index is 336. The topological polar surface area (TPSA) is 45.2 Å². The van der Waals surface area contributed by atoms with Gasteiger partial charge in [0.2, 0.25) is 0 Å². The van der Waals surface area contributed by atoms with Crippen molar-refractivity contribution in [1.82, 2.24) is 10.3 Å². The highest BCUT2D eigenvalue weighted by atomic mass is 32.1. The lowest BCUT2D eigenvalue weighted by Gasteiger charge is -2.27. The fourth-order valence-electron chi connectivity index (χ4n) is 1.89. The molecule has 3 nitrogen and oxygen atoms in total. The molecule has 0 aromatic carbocycles. The Kier molecular flexibility index (Phi) is 5.56. The normalized spacial score (nSPS) is 13.9. The zero-order valence-corrected chi connectivity index (χ0v) is 12.1. The highest BCUT2D eigenvalue weighted by molar-refractivity contribution is 7.09. The summed E-state index contributed by atoms with van der Waals surface area (Å²) >= 11 is 1.71. The maximum Gasteiger partial charge on any atom is 0.0798 e. The maximum absolute atomic E-state index is 8.87. The molecule has 1 aromatic heterocycles. The first-order chi connectivity index (χ1) is 7.96. The van der Waals surface area contributed by atoms with Crippen LogP contribution in [0.15, 0.2) is 5.51 Å². The van der Waals surface area contributed by atoms with E-state index in [4.69, 9.17) is 5.11 Å². The van der Waals surface area contributed by atoms with Crippen molar-refractivity contribution in [2.75, 3.05) is 13.2 Å². The van der Waals surface area contributed by atoms with Crippen LogP contribution < -0.4 is 5.32 Å². The first kappa shape index (κ1) is 14.6. The molecule has 4 heteroatoms. The van der Waals surface area contributed by atoms with Crippen LogP contribution in [-0.2, 0) is 0 Å². The second-order valence-corrected chi connectivity index (χ2v) is 6.28. The number of aliphatic hydroxyl groups is 1. The Morgan fingerprint density at radius 3 is 2.76 bits per heavy atom. The summed E-state index contributed by atoms with van der Waals surface area (Å²) in [5.41, 5.74) is 3.26. The van der Waals surface area contributed by atoms with Crippen molar-refractivity contribution in [3.8, 4) is 0 Å². The van der Waals surface area contributed by atoms with E-state index in [9.17, 15) is 0 Å². The number of hydrogen-bond donors (Lipinski definition) is 2. The largest absolute Gasteiger partial charge is 0.396 e. The van der Waals surface area contributed by atoms with E-state index in [-0.39, 0.29) is 12.0 Å². The van der Waals surface area contributed by atoms with Gasteiger partial charge in [-0.05, 0) is 32.1 Å². The van der Waals surface area contributed by atoms with Gasteiger partial charge < -0.3 is 10.4 Å². The van der Waals surface area contributed by atoms with Gasteiger partial charge in [0.05, 0.1) is 11.2 Å². The van der Waals surface area contributed by atoms with Gasteiger partial charge in [-0.1, -0.05) is 13.8 Å². The average Bonchev–Trinajstić information content (AvgIpc) is 2.70.